The van der Waals surface area contributed by atoms with Gasteiger partial charge in [0.15, 0.2) is 0 Å². The molecule has 120 valence electrons. The first kappa shape index (κ1) is 15.0. The number of aryl methyl sites for hydroxylation is 2. The van der Waals surface area contributed by atoms with Crippen LogP contribution in [0.5, 0.6) is 0 Å². The maximum atomic E-state index is 4.61. The standard InChI is InChI=1S/C17H20N4S2/c1-10-4-5-13-14(6-10)23-17-15(13)16(19-9-20-17)21(3)8-12-7-18-11(2)22-12/h7,9-10H,4-6,8H2,1-3H3. The number of hydrogen-bond acceptors (Lipinski definition) is 6. The third-order valence-corrected chi connectivity index (χ3v) is 6.56. The van der Waals surface area contributed by atoms with Crippen molar-refractivity contribution in [3.05, 3.63) is 32.8 Å². The molecule has 0 aromatic carbocycles. The molecule has 1 unspecified atom stereocenters. The van der Waals surface area contributed by atoms with Gasteiger partial charge in [-0.25, -0.2) is 15.0 Å². The Morgan fingerprint density at radius 2 is 2.13 bits per heavy atom. The van der Waals surface area contributed by atoms with Crippen molar-refractivity contribution in [1.29, 1.82) is 0 Å². The summed E-state index contributed by atoms with van der Waals surface area (Å²) >= 11 is 3.61. The Morgan fingerprint density at radius 3 is 2.91 bits per heavy atom. The van der Waals surface area contributed by atoms with Crippen molar-refractivity contribution >= 4 is 38.7 Å². The summed E-state index contributed by atoms with van der Waals surface area (Å²) in [6.45, 7) is 5.24. The molecule has 6 heteroatoms. The van der Waals surface area contributed by atoms with E-state index in [1.807, 2.05) is 24.5 Å². The predicted octanol–water partition coefficient (Wildman–Crippen LogP) is 4.22. The maximum absolute atomic E-state index is 4.61. The molecule has 0 aliphatic heterocycles. The smallest absolute Gasteiger partial charge is 0.141 e. The highest BCUT2D eigenvalue weighted by atomic mass is 32.1. The van der Waals surface area contributed by atoms with E-state index in [0.29, 0.717) is 0 Å². The molecular formula is C17H20N4S2. The number of thiophene rings is 1. The van der Waals surface area contributed by atoms with Crippen LogP contribution in [-0.4, -0.2) is 22.0 Å². The van der Waals surface area contributed by atoms with E-state index in [1.165, 1.54) is 33.5 Å². The summed E-state index contributed by atoms with van der Waals surface area (Å²) in [6.07, 6.45) is 7.29. The second kappa shape index (κ2) is 5.83. The van der Waals surface area contributed by atoms with Gasteiger partial charge in [-0.1, -0.05) is 6.92 Å². The van der Waals surface area contributed by atoms with Crippen molar-refractivity contribution in [3.8, 4) is 0 Å². The quantitative estimate of drug-likeness (QED) is 0.713. The zero-order chi connectivity index (χ0) is 16.0. The summed E-state index contributed by atoms with van der Waals surface area (Å²) in [5.74, 6) is 1.85. The average molecular weight is 345 g/mol. The normalized spacial score (nSPS) is 17.4. The van der Waals surface area contributed by atoms with E-state index in [4.69, 9.17) is 0 Å². The van der Waals surface area contributed by atoms with Gasteiger partial charge in [0.1, 0.15) is 17.0 Å². The third kappa shape index (κ3) is 2.74. The van der Waals surface area contributed by atoms with Gasteiger partial charge in [-0.05, 0) is 37.7 Å². The van der Waals surface area contributed by atoms with Gasteiger partial charge in [-0.2, -0.15) is 0 Å². The molecule has 1 aliphatic carbocycles. The summed E-state index contributed by atoms with van der Waals surface area (Å²) < 4.78 is 0. The molecule has 0 N–H and O–H groups in total. The van der Waals surface area contributed by atoms with Gasteiger partial charge in [0.25, 0.3) is 0 Å². The number of rotatable bonds is 3. The van der Waals surface area contributed by atoms with E-state index >= 15 is 0 Å². The van der Waals surface area contributed by atoms with Gasteiger partial charge in [-0.15, -0.1) is 22.7 Å². The minimum atomic E-state index is 0.782. The second-order valence-electron chi connectivity index (χ2n) is 6.43. The van der Waals surface area contributed by atoms with Crippen LogP contribution in [0.2, 0.25) is 0 Å². The van der Waals surface area contributed by atoms with Crippen LogP contribution >= 0.6 is 22.7 Å². The van der Waals surface area contributed by atoms with Crippen LogP contribution in [0.4, 0.5) is 5.82 Å². The fraction of sp³-hybridized carbons (Fsp3) is 0.471. The van der Waals surface area contributed by atoms with Crippen LogP contribution in [0.3, 0.4) is 0 Å². The molecule has 0 saturated heterocycles. The second-order valence-corrected chi connectivity index (χ2v) is 8.83. The number of aromatic nitrogens is 3. The fourth-order valence-corrected chi connectivity index (χ4v) is 5.53. The Bertz CT molecular complexity index is 852. The molecule has 0 bridgehead atoms. The molecule has 1 aliphatic rings. The van der Waals surface area contributed by atoms with Crippen molar-refractivity contribution in [1.82, 2.24) is 15.0 Å². The number of thiazole rings is 1. The van der Waals surface area contributed by atoms with Gasteiger partial charge in [0.2, 0.25) is 0 Å². The predicted molar refractivity (Wildman–Crippen MR) is 97.6 cm³/mol. The number of nitrogens with zero attached hydrogens (tertiary/aromatic N) is 4. The Labute approximate surface area is 144 Å². The molecule has 0 radical (unpaired) electrons. The molecule has 3 heterocycles. The SMILES string of the molecule is Cc1ncc(CN(C)c2ncnc3sc4c(c23)CCC(C)C4)s1. The third-order valence-electron chi connectivity index (χ3n) is 4.50. The average Bonchev–Trinajstić information content (AvgIpc) is 3.09. The van der Waals surface area contributed by atoms with Gasteiger partial charge >= 0.3 is 0 Å². The maximum Gasteiger partial charge on any atom is 0.141 e. The summed E-state index contributed by atoms with van der Waals surface area (Å²) in [5.41, 5.74) is 1.49. The van der Waals surface area contributed by atoms with Crippen molar-refractivity contribution in [3.63, 3.8) is 0 Å². The number of anilines is 1. The molecule has 4 rings (SSSR count). The van der Waals surface area contributed by atoms with E-state index in [2.05, 4.69) is 33.8 Å². The zero-order valence-corrected chi connectivity index (χ0v) is 15.3. The van der Waals surface area contributed by atoms with Crippen molar-refractivity contribution in [2.45, 2.75) is 39.7 Å². The van der Waals surface area contributed by atoms with Crippen LogP contribution in [-0.2, 0) is 19.4 Å². The molecule has 0 saturated carbocycles. The lowest BCUT2D eigenvalue weighted by atomic mass is 9.89. The van der Waals surface area contributed by atoms with E-state index in [9.17, 15) is 0 Å². The van der Waals surface area contributed by atoms with Gasteiger partial charge in [0, 0.05) is 23.0 Å². The highest BCUT2D eigenvalue weighted by Crippen LogP contribution is 2.40. The highest BCUT2D eigenvalue weighted by molar-refractivity contribution is 7.19. The van der Waals surface area contributed by atoms with E-state index < -0.39 is 0 Å². The first-order valence-electron chi connectivity index (χ1n) is 7.99. The number of hydrogen-bond donors (Lipinski definition) is 0. The van der Waals surface area contributed by atoms with E-state index in [-0.39, 0.29) is 0 Å². The molecule has 0 fully saturated rings. The molecule has 1 atom stereocenters. The topological polar surface area (TPSA) is 41.9 Å². The van der Waals surface area contributed by atoms with Crippen molar-refractivity contribution < 1.29 is 0 Å². The Balaban J connectivity index is 1.74. The summed E-state index contributed by atoms with van der Waals surface area (Å²) in [7, 11) is 2.12. The van der Waals surface area contributed by atoms with Crippen LogP contribution in [0.15, 0.2) is 12.5 Å². The lowest BCUT2D eigenvalue weighted by Gasteiger charge is -2.21. The van der Waals surface area contributed by atoms with Crippen LogP contribution in [0.25, 0.3) is 10.2 Å². The summed E-state index contributed by atoms with van der Waals surface area (Å²) in [5, 5.41) is 2.39. The van der Waals surface area contributed by atoms with Crippen LogP contribution in [0.1, 0.15) is 33.7 Å². The van der Waals surface area contributed by atoms with Gasteiger partial charge in [-0.3, -0.25) is 0 Å². The molecule has 0 amide bonds. The molecular weight excluding hydrogens is 324 g/mol. The number of fused-ring (bicyclic) bond motifs is 3. The van der Waals surface area contributed by atoms with Crippen molar-refractivity contribution in [2.75, 3.05) is 11.9 Å². The molecule has 3 aromatic heterocycles. The summed E-state index contributed by atoms with van der Waals surface area (Å²) in [6, 6.07) is 0. The zero-order valence-electron chi connectivity index (χ0n) is 13.7. The monoisotopic (exact) mass is 344 g/mol. The molecule has 23 heavy (non-hydrogen) atoms. The minimum absolute atomic E-state index is 0.782. The fourth-order valence-electron chi connectivity index (χ4n) is 3.33. The van der Waals surface area contributed by atoms with E-state index in [1.54, 1.807) is 17.7 Å². The highest BCUT2D eigenvalue weighted by Gasteiger charge is 2.24. The first-order chi connectivity index (χ1) is 11.1. The first-order valence-corrected chi connectivity index (χ1v) is 9.63. The molecule has 3 aromatic rings. The Morgan fingerprint density at radius 1 is 1.26 bits per heavy atom. The van der Waals surface area contributed by atoms with Crippen molar-refractivity contribution in [2.24, 2.45) is 5.92 Å². The molecule has 0 spiro atoms. The lowest BCUT2D eigenvalue weighted by Crippen LogP contribution is -2.18. The van der Waals surface area contributed by atoms with E-state index in [0.717, 1.165) is 34.5 Å². The lowest BCUT2D eigenvalue weighted by molar-refractivity contribution is 0.509. The largest absolute Gasteiger partial charge is 0.354 e. The van der Waals surface area contributed by atoms with Gasteiger partial charge in [0.05, 0.1) is 16.9 Å². The summed E-state index contributed by atoms with van der Waals surface area (Å²) in [4.78, 5) is 19.7. The van der Waals surface area contributed by atoms with Crippen LogP contribution < -0.4 is 4.90 Å². The minimum Gasteiger partial charge on any atom is -0.354 e. The van der Waals surface area contributed by atoms with Gasteiger partial charge < -0.3 is 4.90 Å². The Kier molecular flexibility index (Phi) is 3.81. The Hall–Kier alpha value is -1.53. The molecule has 4 nitrogen and oxygen atoms in total. The van der Waals surface area contributed by atoms with Crippen LogP contribution in [0, 0.1) is 12.8 Å².